The quantitative estimate of drug-likeness (QED) is 0.621. The number of carbonyl (C=O) groups excluding carboxylic acids is 1. The molecule has 0 aromatic heterocycles. The van der Waals surface area contributed by atoms with Crippen molar-refractivity contribution in [3.63, 3.8) is 0 Å². The fourth-order valence-electron chi connectivity index (χ4n) is 1.08. The van der Waals surface area contributed by atoms with E-state index in [1.807, 2.05) is 30.3 Å². The molecule has 1 amide bonds. The van der Waals surface area contributed by atoms with E-state index in [1.165, 1.54) is 6.08 Å². The van der Waals surface area contributed by atoms with Crippen molar-refractivity contribution in [1.82, 2.24) is 5.32 Å². The zero-order chi connectivity index (χ0) is 11.8. The normalized spacial score (nSPS) is 12.6. The number of rotatable bonds is 5. The zero-order valence-electron chi connectivity index (χ0n) is 8.84. The van der Waals surface area contributed by atoms with Crippen LogP contribution in [-0.2, 0) is 4.79 Å². The van der Waals surface area contributed by atoms with Crippen molar-refractivity contribution >= 4 is 12.0 Å². The van der Waals surface area contributed by atoms with Crippen molar-refractivity contribution in [2.45, 2.75) is 6.10 Å². The van der Waals surface area contributed by atoms with Crippen LogP contribution >= 0.6 is 0 Å². The number of benzene rings is 1. The van der Waals surface area contributed by atoms with Crippen LogP contribution in [0.2, 0.25) is 0 Å². The van der Waals surface area contributed by atoms with Gasteiger partial charge in [-0.3, -0.25) is 4.79 Å². The highest BCUT2D eigenvalue weighted by Crippen LogP contribution is 2.00. The van der Waals surface area contributed by atoms with Crippen molar-refractivity contribution in [3.05, 3.63) is 42.0 Å². The fourth-order valence-corrected chi connectivity index (χ4v) is 1.08. The lowest BCUT2D eigenvalue weighted by Crippen LogP contribution is -2.32. The van der Waals surface area contributed by atoms with E-state index < -0.39 is 6.10 Å². The molecule has 0 saturated carbocycles. The Morgan fingerprint density at radius 2 is 2.06 bits per heavy atom. The van der Waals surface area contributed by atoms with Crippen LogP contribution in [0.1, 0.15) is 5.56 Å². The third kappa shape index (κ3) is 4.72. The zero-order valence-corrected chi connectivity index (χ0v) is 8.84. The summed E-state index contributed by atoms with van der Waals surface area (Å²) in [4.78, 5) is 11.2. The van der Waals surface area contributed by atoms with Crippen LogP contribution in [-0.4, -0.2) is 35.4 Å². The molecule has 0 radical (unpaired) electrons. The Labute approximate surface area is 94.2 Å². The summed E-state index contributed by atoms with van der Waals surface area (Å²) < 4.78 is 0. The number of hydrogen-bond donors (Lipinski definition) is 3. The molecule has 16 heavy (non-hydrogen) atoms. The Morgan fingerprint density at radius 3 is 2.69 bits per heavy atom. The predicted octanol–water partition coefficient (Wildman–Crippen LogP) is 0.169. The summed E-state index contributed by atoms with van der Waals surface area (Å²) in [6.07, 6.45) is 2.16. The van der Waals surface area contributed by atoms with Gasteiger partial charge in [-0.25, -0.2) is 0 Å². The predicted molar refractivity (Wildman–Crippen MR) is 61.6 cm³/mol. The van der Waals surface area contributed by atoms with Crippen molar-refractivity contribution in [2.24, 2.45) is 0 Å². The van der Waals surface area contributed by atoms with Crippen LogP contribution < -0.4 is 5.32 Å². The van der Waals surface area contributed by atoms with Crippen LogP contribution in [0, 0.1) is 0 Å². The van der Waals surface area contributed by atoms with Gasteiger partial charge in [0.1, 0.15) is 0 Å². The first-order valence-corrected chi connectivity index (χ1v) is 5.02. The molecule has 0 heterocycles. The number of aliphatic hydroxyl groups is 2. The van der Waals surface area contributed by atoms with E-state index in [0.717, 1.165) is 5.56 Å². The first-order valence-electron chi connectivity index (χ1n) is 5.02. The molecule has 4 nitrogen and oxygen atoms in total. The second-order valence-electron chi connectivity index (χ2n) is 3.33. The Bertz CT molecular complexity index is 349. The lowest BCUT2D eigenvalue weighted by molar-refractivity contribution is -0.117. The third-order valence-electron chi connectivity index (χ3n) is 1.95. The van der Waals surface area contributed by atoms with E-state index in [4.69, 9.17) is 10.2 Å². The molecule has 0 aliphatic heterocycles. The van der Waals surface area contributed by atoms with E-state index in [1.54, 1.807) is 6.08 Å². The minimum absolute atomic E-state index is 0.0501. The second kappa shape index (κ2) is 6.76. The Morgan fingerprint density at radius 1 is 1.38 bits per heavy atom. The molecule has 0 aliphatic carbocycles. The Hall–Kier alpha value is -1.65. The molecular formula is C12H15NO3. The Balaban J connectivity index is 2.37. The lowest BCUT2D eigenvalue weighted by atomic mass is 10.2. The van der Waals surface area contributed by atoms with Gasteiger partial charge >= 0.3 is 0 Å². The molecule has 0 spiro atoms. The minimum atomic E-state index is -0.908. The van der Waals surface area contributed by atoms with Crippen molar-refractivity contribution in [2.75, 3.05) is 13.2 Å². The molecule has 1 aromatic rings. The molecule has 0 aliphatic rings. The average molecular weight is 221 g/mol. The van der Waals surface area contributed by atoms with Crippen molar-refractivity contribution < 1.29 is 15.0 Å². The molecule has 0 bridgehead atoms. The molecule has 1 aromatic carbocycles. The van der Waals surface area contributed by atoms with E-state index in [0.29, 0.717) is 0 Å². The minimum Gasteiger partial charge on any atom is -0.394 e. The van der Waals surface area contributed by atoms with E-state index >= 15 is 0 Å². The summed E-state index contributed by atoms with van der Waals surface area (Å²) in [5.41, 5.74) is 0.931. The molecule has 4 heteroatoms. The van der Waals surface area contributed by atoms with E-state index in [9.17, 15) is 4.79 Å². The van der Waals surface area contributed by atoms with Gasteiger partial charge in [0.2, 0.25) is 5.91 Å². The molecule has 0 saturated heterocycles. The third-order valence-corrected chi connectivity index (χ3v) is 1.95. The summed E-state index contributed by atoms with van der Waals surface area (Å²) in [7, 11) is 0. The first kappa shape index (κ1) is 12.4. The van der Waals surface area contributed by atoms with Gasteiger partial charge in [-0.05, 0) is 11.6 Å². The van der Waals surface area contributed by atoms with E-state index in [-0.39, 0.29) is 19.1 Å². The van der Waals surface area contributed by atoms with Crippen molar-refractivity contribution in [3.8, 4) is 0 Å². The number of carbonyl (C=O) groups is 1. The number of nitrogens with one attached hydrogen (secondary N) is 1. The van der Waals surface area contributed by atoms with Crippen LogP contribution in [0.5, 0.6) is 0 Å². The average Bonchev–Trinajstić information content (AvgIpc) is 2.34. The molecular weight excluding hydrogens is 206 g/mol. The van der Waals surface area contributed by atoms with Crippen LogP contribution in [0.4, 0.5) is 0 Å². The van der Waals surface area contributed by atoms with Crippen LogP contribution in [0.25, 0.3) is 6.08 Å². The highest BCUT2D eigenvalue weighted by atomic mass is 16.3. The number of hydrogen-bond acceptors (Lipinski definition) is 3. The maximum Gasteiger partial charge on any atom is 0.244 e. The fraction of sp³-hybridized carbons (Fsp3) is 0.250. The summed E-state index contributed by atoms with van der Waals surface area (Å²) in [6, 6.07) is 9.42. The lowest BCUT2D eigenvalue weighted by Gasteiger charge is -2.06. The van der Waals surface area contributed by atoms with Gasteiger partial charge in [0.05, 0.1) is 12.7 Å². The summed E-state index contributed by atoms with van der Waals surface area (Å²) in [5.74, 6) is -0.295. The van der Waals surface area contributed by atoms with Gasteiger partial charge < -0.3 is 15.5 Å². The number of amides is 1. The van der Waals surface area contributed by atoms with Gasteiger partial charge in [-0.2, -0.15) is 0 Å². The highest BCUT2D eigenvalue weighted by Gasteiger charge is 2.02. The molecule has 86 valence electrons. The maximum atomic E-state index is 11.2. The smallest absolute Gasteiger partial charge is 0.244 e. The van der Waals surface area contributed by atoms with Gasteiger partial charge in [0.15, 0.2) is 0 Å². The largest absolute Gasteiger partial charge is 0.394 e. The SMILES string of the molecule is O=C(/C=C/c1ccccc1)NC[C@@H](O)CO. The molecule has 3 N–H and O–H groups in total. The van der Waals surface area contributed by atoms with Crippen LogP contribution in [0.15, 0.2) is 36.4 Å². The Kier molecular flexibility index (Phi) is 5.25. The van der Waals surface area contributed by atoms with Crippen LogP contribution in [0.3, 0.4) is 0 Å². The molecule has 1 rings (SSSR count). The topological polar surface area (TPSA) is 69.6 Å². The maximum absolute atomic E-state index is 11.2. The van der Waals surface area contributed by atoms with Gasteiger partial charge in [-0.15, -0.1) is 0 Å². The van der Waals surface area contributed by atoms with Gasteiger partial charge in [-0.1, -0.05) is 30.3 Å². The number of aliphatic hydroxyl groups excluding tert-OH is 2. The van der Waals surface area contributed by atoms with Gasteiger partial charge in [0, 0.05) is 12.6 Å². The second-order valence-corrected chi connectivity index (χ2v) is 3.33. The first-order chi connectivity index (χ1) is 7.72. The molecule has 0 unspecified atom stereocenters. The van der Waals surface area contributed by atoms with Gasteiger partial charge in [0.25, 0.3) is 0 Å². The molecule has 1 atom stereocenters. The standard InChI is InChI=1S/C12H15NO3/c14-9-11(15)8-13-12(16)7-6-10-4-2-1-3-5-10/h1-7,11,14-15H,8-9H2,(H,13,16)/b7-6+/t11-/m1/s1. The summed E-state index contributed by atoms with van der Waals surface area (Å²) in [6.45, 7) is -0.308. The summed E-state index contributed by atoms with van der Waals surface area (Å²) in [5, 5.41) is 20.0. The highest BCUT2D eigenvalue weighted by molar-refractivity contribution is 5.91. The van der Waals surface area contributed by atoms with Crippen molar-refractivity contribution in [1.29, 1.82) is 0 Å². The van der Waals surface area contributed by atoms with E-state index in [2.05, 4.69) is 5.32 Å². The summed E-state index contributed by atoms with van der Waals surface area (Å²) >= 11 is 0. The monoisotopic (exact) mass is 221 g/mol. The molecule has 0 fully saturated rings.